The molecule has 3 aliphatic heterocycles. The molecule has 0 unspecified atom stereocenters. The van der Waals surface area contributed by atoms with Crippen molar-refractivity contribution >= 4 is 16.9 Å². The number of carbonyl (C=O) groups is 1. The van der Waals surface area contributed by atoms with Crippen molar-refractivity contribution in [1.29, 1.82) is 0 Å². The number of fused-ring (bicyclic) bond motifs is 6. The van der Waals surface area contributed by atoms with Crippen LogP contribution in [0.2, 0.25) is 0 Å². The Kier molecular flexibility index (Phi) is 4.30. The number of esters is 1. The number of aliphatic hydroxyl groups is 1. The minimum Gasteiger partial charge on any atom is -0.486 e. The van der Waals surface area contributed by atoms with E-state index < -0.39 is 11.6 Å². The van der Waals surface area contributed by atoms with E-state index >= 15 is 0 Å². The fourth-order valence-electron chi connectivity index (χ4n) is 5.08. The van der Waals surface area contributed by atoms with Gasteiger partial charge in [-0.1, -0.05) is 6.92 Å². The molecule has 9 nitrogen and oxygen atoms in total. The van der Waals surface area contributed by atoms with Crippen molar-refractivity contribution in [2.75, 3.05) is 20.3 Å². The summed E-state index contributed by atoms with van der Waals surface area (Å²) in [5, 5.41) is 15.2. The third kappa shape index (κ3) is 2.69. The molecular formula is C24H23N3O6. The van der Waals surface area contributed by atoms with E-state index in [9.17, 15) is 14.7 Å². The molecule has 9 heteroatoms. The van der Waals surface area contributed by atoms with Gasteiger partial charge in [-0.25, -0.2) is 9.78 Å². The molecule has 2 aromatic heterocycles. The van der Waals surface area contributed by atoms with Gasteiger partial charge < -0.3 is 29.2 Å². The second kappa shape index (κ2) is 7.03. The van der Waals surface area contributed by atoms with Crippen molar-refractivity contribution < 1.29 is 24.1 Å². The predicted octanol–water partition coefficient (Wildman–Crippen LogP) is 1.57. The molecule has 2 N–H and O–H groups in total. The van der Waals surface area contributed by atoms with Gasteiger partial charge >= 0.3 is 5.97 Å². The number of aromatic nitrogens is 2. The van der Waals surface area contributed by atoms with Crippen LogP contribution in [0.25, 0.3) is 22.3 Å². The van der Waals surface area contributed by atoms with E-state index in [0.717, 1.165) is 22.0 Å². The SMILES string of the molecule is CC[C@@]1(O)C(=O)OCc2c1cc1n(c2=O)Cc2c-1nc1cc3c(cc1c2CNC)OCCO3. The number of hydrogen-bond donors (Lipinski definition) is 2. The average molecular weight is 449 g/mol. The molecule has 170 valence electrons. The zero-order chi connectivity index (χ0) is 22.9. The molecule has 0 spiro atoms. The highest BCUT2D eigenvalue weighted by Gasteiger charge is 2.45. The summed E-state index contributed by atoms with van der Waals surface area (Å²) in [6.07, 6.45) is 0.105. The van der Waals surface area contributed by atoms with Gasteiger partial charge in [0.05, 0.1) is 29.0 Å². The van der Waals surface area contributed by atoms with Crippen LogP contribution >= 0.6 is 0 Å². The highest BCUT2D eigenvalue weighted by Crippen LogP contribution is 2.42. The molecule has 0 saturated carbocycles. The summed E-state index contributed by atoms with van der Waals surface area (Å²) in [5.74, 6) is 0.589. The number of hydrogen-bond acceptors (Lipinski definition) is 8. The fraction of sp³-hybridized carbons (Fsp3) is 0.375. The molecule has 0 fully saturated rings. The average Bonchev–Trinajstić information content (AvgIpc) is 3.19. The Balaban J connectivity index is 1.63. The number of rotatable bonds is 3. The van der Waals surface area contributed by atoms with E-state index in [1.807, 2.05) is 19.2 Å². The smallest absolute Gasteiger partial charge is 0.343 e. The van der Waals surface area contributed by atoms with E-state index in [1.54, 1.807) is 17.6 Å². The zero-order valence-corrected chi connectivity index (χ0v) is 18.4. The quantitative estimate of drug-likeness (QED) is 0.454. The Hall–Kier alpha value is -3.43. The topological polar surface area (TPSA) is 112 Å². The maximum Gasteiger partial charge on any atom is 0.343 e. The molecule has 3 aliphatic rings. The van der Waals surface area contributed by atoms with Crippen LogP contribution in [0.4, 0.5) is 0 Å². The van der Waals surface area contributed by atoms with E-state index in [1.165, 1.54) is 0 Å². The van der Waals surface area contributed by atoms with Gasteiger partial charge in [0.25, 0.3) is 5.56 Å². The summed E-state index contributed by atoms with van der Waals surface area (Å²) in [6, 6.07) is 5.54. The fourth-order valence-corrected chi connectivity index (χ4v) is 5.08. The minimum absolute atomic E-state index is 0.105. The molecule has 0 bridgehead atoms. The van der Waals surface area contributed by atoms with Crippen molar-refractivity contribution in [2.24, 2.45) is 0 Å². The highest BCUT2D eigenvalue weighted by atomic mass is 16.6. The standard InChI is InChI=1S/C24H23N3O6/c1-3-24(30)16-7-18-21-14(10-27(18)22(28)15(16)11-33-23(24)29)13(9-25-2)12-6-19-20(8-17(12)26-21)32-5-4-31-19/h6-8,25,30H,3-5,9-11H2,1-2H3/t24-/m0/s1. The maximum atomic E-state index is 13.4. The Bertz CT molecular complexity index is 1410. The van der Waals surface area contributed by atoms with Gasteiger partial charge in [0.2, 0.25) is 0 Å². The van der Waals surface area contributed by atoms with E-state index in [-0.39, 0.29) is 18.6 Å². The highest BCUT2D eigenvalue weighted by molar-refractivity contribution is 5.91. The second-order valence-corrected chi connectivity index (χ2v) is 8.56. The second-order valence-electron chi connectivity index (χ2n) is 8.56. The van der Waals surface area contributed by atoms with Gasteiger partial charge in [0.15, 0.2) is 17.1 Å². The molecular weight excluding hydrogens is 426 g/mol. The number of cyclic esters (lactones) is 1. The maximum absolute atomic E-state index is 13.4. The van der Waals surface area contributed by atoms with E-state index in [2.05, 4.69) is 5.32 Å². The molecule has 1 atom stereocenters. The molecule has 33 heavy (non-hydrogen) atoms. The number of nitrogens with zero attached hydrogens (tertiary/aromatic N) is 2. The molecule has 1 aromatic carbocycles. The normalized spacial score (nSPS) is 20.3. The first-order chi connectivity index (χ1) is 16.0. The summed E-state index contributed by atoms with van der Waals surface area (Å²) < 4.78 is 18.3. The third-order valence-corrected chi connectivity index (χ3v) is 6.82. The first kappa shape index (κ1) is 20.2. The lowest BCUT2D eigenvalue weighted by atomic mass is 9.86. The number of ether oxygens (including phenoxy) is 3. The Morgan fingerprint density at radius 2 is 1.88 bits per heavy atom. The molecule has 3 aromatic rings. The van der Waals surface area contributed by atoms with Crippen molar-refractivity contribution in [2.45, 2.75) is 38.6 Å². The van der Waals surface area contributed by atoms with Crippen LogP contribution in [0.15, 0.2) is 23.0 Å². The van der Waals surface area contributed by atoms with Crippen molar-refractivity contribution in [3.8, 4) is 22.9 Å². The Morgan fingerprint density at radius 1 is 1.12 bits per heavy atom. The van der Waals surface area contributed by atoms with Gasteiger partial charge in [0.1, 0.15) is 19.8 Å². The third-order valence-electron chi connectivity index (χ3n) is 6.82. The Labute approximate surface area is 188 Å². The first-order valence-electron chi connectivity index (χ1n) is 11.0. The number of carbonyl (C=O) groups excluding carboxylic acids is 1. The predicted molar refractivity (Wildman–Crippen MR) is 118 cm³/mol. The minimum atomic E-state index is -1.85. The lowest BCUT2D eigenvalue weighted by Crippen LogP contribution is -2.44. The molecule has 0 aliphatic carbocycles. The van der Waals surface area contributed by atoms with Gasteiger partial charge in [-0.15, -0.1) is 0 Å². The summed E-state index contributed by atoms with van der Waals surface area (Å²) in [4.78, 5) is 30.7. The lowest BCUT2D eigenvalue weighted by molar-refractivity contribution is -0.172. The largest absolute Gasteiger partial charge is 0.486 e. The first-order valence-corrected chi connectivity index (χ1v) is 11.0. The van der Waals surface area contributed by atoms with Crippen molar-refractivity contribution in [3.05, 3.63) is 50.8 Å². The van der Waals surface area contributed by atoms with Gasteiger partial charge in [-0.2, -0.15) is 0 Å². The number of benzene rings is 1. The molecule has 5 heterocycles. The van der Waals surface area contributed by atoms with E-state index in [4.69, 9.17) is 19.2 Å². The Morgan fingerprint density at radius 3 is 2.61 bits per heavy atom. The molecule has 0 radical (unpaired) electrons. The van der Waals surface area contributed by atoms with Crippen LogP contribution in [-0.2, 0) is 34.8 Å². The number of pyridine rings is 2. The molecule has 6 rings (SSSR count). The molecule has 0 saturated heterocycles. The van der Waals surface area contributed by atoms with Gasteiger partial charge in [-0.05, 0) is 31.2 Å². The summed E-state index contributed by atoms with van der Waals surface area (Å²) in [5.41, 5.74) is 2.44. The van der Waals surface area contributed by atoms with Crippen LogP contribution in [-0.4, -0.2) is 40.9 Å². The van der Waals surface area contributed by atoms with E-state index in [0.29, 0.717) is 60.3 Å². The van der Waals surface area contributed by atoms with Crippen molar-refractivity contribution in [3.63, 3.8) is 0 Å². The number of nitrogens with one attached hydrogen (secondary N) is 1. The monoisotopic (exact) mass is 449 g/mol. The zero-order valence-electron chi connectivity index (χ0n) is 18.4. The van der Waals surface area contributed by atoms with Crippen LogP contribution < -0.4 is 20.3 Å². The summed E-state index contributed by atoms with van der Waals surface area (Å²) >= 11 is 0. The van der Waals surface area contributed by atoms with Crippen molar-refractivity contribution in [1.82, 2.24) is 14.9 Å². The van der Waals surface area contributed by atoms with Crippen LogP contribution in [0.3, 0.4) is 0 Å². The van der Waals surface area contributed by atoms with Gasteiger partial charge in [0, 0.05) is 29.1 Å². The lowest BCUT2D eigenvalue weighted by Gasteiger charge is -2.31. The summed E-state index contributed by atoms with van der Waals surface area (Å²) in [6.45, 7) is 3.44. The molecule has 0 amide bonds. The summed E-state index contributed by atoms with van der Waals surface area (Å²) in [7, 11) is 1.87. The van der Waals surface area contributed by atoms with Crippen LogP contribution in [0, 0.1) is 0 Å². The van der Waals surface area contributed by atoms with Gasteiger partial charge in [-0.3, -0.25) is 4.79 Å². The van der Waals surface area contributed by atoms with Crippen LogP contribution in [0.5, 0.6) is 11.5 Å². The van der Waals surface area contributed by atoms with Crippen LogP contribution in [0.1, 0.15) is 35.6 Å².